The number of fused-ring (bicyclic) bond motifs is 4. The summed E-state index contributed by atoms with van der Waals surface area (Å²) in [5.74, 6) is -0.235. The van der Waals surface area contributed by atoms with Crippen LogP contribution in [0.25, 0.3) is 55.1 Å². The summed E-state index contributed by atoms with van der Waals surface area (Å²) in [6, 6.07) is 26.2. The topological polar surface area (TPSA) is 40.8 Å². The maximum absolute atomic E-state index is 15.4. The standard InChI is InChI=1S/C34H28FN2O/c1-20-13-15-25-26-16-14-22(18-36)31(24-12-8-10-21-9-6-7-11-23(21)24)33(26)38-32(25)30(20)29-17-28(35)27(19-37(29)5)34(2,3)4/h6-17,19H,1-5H3/q+1. The predicted molar refractivity (Wildman–Crippen MR) is 151 cm³/mol. The van der Waals surface area contributed by atoms with Gasteiger partial charge in [0, 0.05) is 22.4 Å². The van der Waals surface area contributed by atoms with Gasteiger partial charge in [0.15, 0.2) is 6.20 Å². The first kappa shape index (κ1) is 23.9. The number of pyridine rings is 1. The molecule has 2 aromatic heterocycles. The smallest absolute Gasteiger partial charge is 0.219 e. The van der Waals surface area contributed by atoms with Crippen LogP contribution in [0.15, 0.2) is 83.4 Å². The Balaban J connectivity index is 1.71. The zero-order valence-corrected chi connectivity index (χ0v) is 22.2. The molecule has 38 heavy (non-hydrogen) atoms. The maximum atomic E-state index is 15.4. The van der Waals surface area contributed by atoms with Crippen molar-refractivity contribution < 1.29 is 13.4 Å². The first-order valence-electron chi connectivity index (χ1n) is 12.8. The van der Waals surface area contributed by atoms with E-state index >= 15 is 4.39 Å². The number of rotatable bonds is 2. The molecule has 0 fully saturated rings. The molecule has 0 unspecified atom stereocenters. The molecule has 0 amide bonds. The number of nitriles is 1. The summed E-state index contributed by atoms with van der Waals surface area (Å²) in [4.78, 5) is 0. The van der Waals surface area contributed by atoms with E-state index in [9.17, 15) is 5.26 Å². The predicted octanol–water partition coefficient (Wildman–Crippen LogP) is 8.51. The molecule has 0 saturated carbocycles. The molecule has 0 aliphatic carbocycles. The maximum Gasteiger partial charge on any atom is 0.219 e. The van der Waals surface area contributed by atoms with Gasteiger partial charge >= 0.3 is 0 Å². The quantitative estimate of drug-likeness (QED) is 0.224. The van der Waals surface area contributed by atoms with Gasteiger partial charge in [0.1, 0.15) is 24.0 Å². The second kappa shape index (κ2) is 8.53. The van der Waals surface area contributed by atoms with E-state index < -0.39 is 0 Å². The van der Waals surface area contributed by atoms with Crippen LogP contribution in [-0.2, 0) is 12.5 Å². The van der Waals surface area contributed by atoms with Crippen LogP contribution in [0.4, 0.5) is 4.39 Å². The molecule has 0 spiro atoms. The van der Waals surface area contributed by atoms with Crippen molar-refractivity contribution >= 4 is 32.7 Å². The van der Waals surface area contributed by atoms with Crippen molar-refractivity contribution in [3.05, 3.63) is 102 Å². The molecular formula is C34H28FN2O+. The summed E-state index contributed by atoms with van der Waals surface area (Å²) in [6.07, 6.45) is 1.88. The van der Waals surface area contributed by atoms with Gasteiger partial charge in [0.25, 0.3) is 0 Å². The van der Waals surface area contributed by atoms with Gasteiger partial charge in [-0.25, -0.2) is 8.96 Å². The van der Waals surface area contributed by atoms with E-state index in [1.807, 2.05) is 81.9 Å². The Bertz CT molecular complexity index is 1950. The van der Waals surface area contributed by atoms with Gasteiger partial charge < -0.3 is 4.42 Å². The van der Waals surface area contributed by atoms with Crippen molar-refractivity contribution in [1.82, 2.24) is 0 Å². The van der Waals surface area contributed by atoms with Crippen LogP contribution >= 0.6 is 0 Å². The van der Waals surface area contributed by atoms with Crippen molar-refractivity contribution in [2.75, 3.05) is 0 Å². The largest absolute Gasteiger partial charge is 0.454 e. The number of furan rings is 1. The molecular weight excluding hydrogens is 471 g/mol. The van der Waals surface area contributed by atoms with E-state index in [-0.39, 0.29) is 11.2 Å². The van der Waals surface area contributed by atoms with Crippen LogP contribution in [-0.4, -0.2) is 0 Å². The van der Waals surface area contributed by atoms with Crippen molar-refractivity contribution in [2.45, 2.75) is 33.1 Å². The Morgan fingerprint density at radius 1 is 0.842 bits per heavy atom. The highest BCUT2D eigenvalue weighted by molar-refractivity contribution is 6.15. The number of nitrogens with zero attached hydrogens (tertiary/aromatic N) is 2. The number of halogens is 1. The third-order valence-electron chi connectivity index (χ3n) is 7.49. The fourth-order valence-corrected chi connectivity index (χ4v) is 5.55. The number of hydrogen-bond acceptors (Lipinski definition) is 2. The molecule has 0 N–H and O–H groups in total. The third kappa shape index (κ3) is 3.58. The van der Waals surface area contributed by atoms with Crippen LogP contribution in [0, 0.1) is 24.1 Å². The minimum atomic E-state index is -0.318. The Labute approximate surface area is 221 Å². The fraction of sp³-hybridized carbons (Fsp3) is 0.176. The molecule has 0 saturated heterocycles. The molecule has 6 aromatic rings. The van der Waals surface area contributed by atoms with Crippen LogP contribution in [0.3, 0.4) is 0 Å². The molecule has 3 nitrogen and oxygen atoms in total. The van der Waals surface area contributed by atoms with Crippen molar-refractivity contribution in [3.63, 3.8) is 0 Å². The van der Waals surface area contributed by atoms with Gasteiger partial charge in [-0.05, 0) is 46.4 Å². The Morgan fingerprint density at radius 2 is 1.53 bits per heavy atom. The van der Waals surface area contributed by atoms with Gasteiger partial charge in [-0.1, -0.05) is 75.4 Å². The first-order valence-corrected chi connectivity index (χ1v) is 12.8. The molecule has 4 heteroatoms. The monoisotopic (exact) mass is 499 g/mol. The first-order chi connectivity index (χ1) is 18.2. The lowest BCUT2D eigenvalue weighted by atomic mass is 9.87. The number of hydrogen-bond donors (Lipinski definition) is 0. The number of aryl methyl sites for hydroxylation is 2. The van der Waals surface area contributed by atoms with Crippen molar-refractivity contribution in [3.8, 4) is 28.5 Å². The molecule has 0 aliphatic rings. The van der Waals surface area contributed by atoms with E-state index in [4.69, 9.17) is 4.42 Å². The highest BCUT2D eigenvalue weighted by Gasteiger charge is 2.28. The highest BCUT2D eigenvalue weighted by atomic mass is 19.1. The number of aromatic nitrogens is 1. The molecule has 6 rings (SSSR count). The molecule has 0 atom stereocenters. The normalized spacial score (nSPS) is 11.9. The molecule has 2 heterocycles. The summed E-state index contributed by atoms with van der Waals surface area (Å²) in [7, 11) is 1.94. The van der Waals surface area contributed by atoms with Crippen molar-refractivity contribution in [2.24, 2.45) is 7.05 Å². The van der Waals surface area contributed by atoms with E-state index in [0.717, 1.165) is 49.5 Å². The lowest BCUT2D eigenvalue weighted by Gasteiger charge is -2.18. The van der Waals surface area contributed by atoms with Gasteiger partial charge in [-0.2, -0.15) is 5.26 Å². The minimum Gasteiger partial charge on any atom is -0.454 e. The fourth-order valence-electron chi connectivity index (χ4n) is 5.55. The minimum absolute atomic E-state index is 0.235. The Hall–Kier alpha value is -4.49. The van der Waals surface area contributed by atoms with Gasteiger partial charge in [0.05, 0.1) is 22.8 Å². The average Bonchev–Trinajstić information content (AvgIpc) is 3.27. The van der Waals surface area contributed by atoms with Crippen LogP contribution in [0.5, 0.6) is 0 Å². The lowest BCUT2D eigenvalue weighted by molar-refractivity contribution is -0.661. The second-order valence-electron chi connectivity index (χ2n) is 11.0. The zero-order valence-electron chi connectivity index (χ0n) is 22.2. The summed E-state index contributed by atoms with van der Waals surface area (Å²) in [5, 5.41) is 14.1. The van der Waals surface area contributed by atoms with Crippen LogP contribution in [0.1, 0.15) is 37.5 Å². The van der Waals surface area contributed by atoms with Gasteiger partial charge in [-0.3, -0.25) is 0 Å². The van der Waals surface area contributed by atoms with E-state index in [1.165, 1.54) is 0 Å². The summed E-state index contributed by atoms with van der Waals surface area (Å²) < 4.78 is 24.1. The average molecular weight is 500 g/mol. The highest BCUT2D eigenvalue weighted by Crippen LogP contribution is 2.43. The summed E-state index contributed by atoms with van der Waals surface area (Å²) in [6.45, 7) is 8.05. The zero-order chi connectivity index (χ0) is 26.8. The van der Waals surface area contributed by atoms with E-state index in [1.54, 1.807) is 6.07 Å². The second-order valence-corrected chi connectivity index (χ2v) is 11.0. The van der Waals surface area contributed by atoms with Gasteiger partial charge in [-0.15, -0.1) is 0 Å². The number of benzene rings is 4. The molecule has 0 aliphatic heterocycles. The Kier molecular flexibility index (Phi) is 5.36. The summed E-state index contributed by atoms with van der Waals surface area (Å²) >= 11 is 0. The van der Waals surface area contributed by atoms with Crippen molar-refractivity contribution in [1.29, 1.82) is 5.26 Å². The molecule has 0 bridgehead atoms. The van der Waals surface area contributed by atoms with Crippen LogP contribution in [0.2, 0.25) is 0 Å². The molecule has 4 aromatic carbocycles. The summed E-state index contributed by atoms with van der Waals surface area (Å²) in [5.41, 5.74) is 6.56. The van der Waals surface area contributed by atoms with E-state index in [0.29, 0.717) is 22.3 Å². The Morgan fingerprint density at radius 3 is 2.26 bits per heavy atom. The van der Waals surface area contributed by atoms with Crippen LogP contribution < -0.4 is 4.57 Å². The third-order valence-corrected chi connectivity index (χ3v) is 7.49. The SMILES string of the molecule is Cc1ccc2c(oc3c(-c4cccc5ccccc45)c(C#N)ccc32)c1-c1cc(F)c(C(C)(C)C)c[n+]1C. The molecule has 186 valence electrons. The lowest BCUT2D eigenvalue weighted by Crippen LogP contribution is -2.34. The molecule has 0 radical (unpaired) electrons. The van der Waals surface area contributed by atoms with Gasteiger partial charge in [0.2, 0.25) is 5.69 Å². The van der Waals surface area contributed by atoms with E-state index in [2.05, 4.69) is 36.4 Å².